The van der Waals surface area contributed by atoms with Gasteiger partial charge in [0.15, 0.2) is 10.9 Å². The number of thiazole rings is 1. The van der Waals surface area contributed by atoms with Gasteiger partial charge in [-0.3, -0.25) is 9.20 Å². The van der Waals surface area contributed by atoms with Crippen molar-refractivity contribution in [3.63, 3.8) is 0 Å². The van der Waals surface area contributed by atoms with Crippen molar-refractivity contribution in [2.75, 3.05) is 5.32 Å². The molecule has 4 rings (SSSR count). The van der Waals surface area contributed by atoms with Gasteiger partial charge in [0.25, 0.3) is 0 Å². The number of benzene rings is 1. The lowest BCUT2D eigenvalue weighted by Gasteiger charge is -2.03. The third kappa shape index (κ3) is 3.97. The Bertz CT molecular complexity index is 1120. The zero-order valence-electron chi connectivity index (χ0n) is 14.6. The van der Waals surface area contributed by atoms with E-state index in [0.29, 0.717) is 5.56 Å². The molecule has 0 spiro atoms. The summed E-state index contributed by atoms with van der Waals surface area (Å²) in [5, 5.41) is 6.10. The molecular formula is C19H16Br2N4OS. The van der Waals surface area contributed by atoms with Crippen LogP contribution in [0, 0.1) is 6.92 Å². The third-order valence-corrected chi connectivity index (χ3v) is 5.27. The summed E-state index contributed by atoms with van der Waals surface area (Å²) in [6.07, 6.45) is 2.00. The van der Waals surface area contributed by atoms with Gasteiger partial charge in [-0.2, -0.15) is 0 Å². The highest BCUT2D eigenvalue weighted by molar-refractivity contribution is 9.10. The van der Waals surface area contributed by atoms with Crippen LogP contribution in [0.25, 0.3) is 17.0 Å². The number of aromatic nitrogens is 3. The summed E-state index contributed by atoms with van der Waals surface area (Å²) in [6.45, 7) is 3.55. The summed E-state index contributed by atoms with van der Waals surface area (Å²) in [5.74, 6) is 0.0577. The first-order valence-corrected chi connectivity index (χ1v) is 9.66. The number of hydrogen-bond donors (Lipinski definition) is 1. The Morgan fingerprint density at radius 1 is 1.15 bits per heavy atom. The molecule has 0 saturated heterocycles. The molecule has 0 aliphatic heterocycles. The predicted octanol–water partition coefficient (Wildman–Crippen LogP) is 6.05. The van der Waals surface area contributed by atoms with Gasteiger partial charge in [-0.1, -0.05) is 0 Å². The van der Waals surface area contributed by atoms with Crippen LogP contribution in [0.2, 0.25) is 0 Å². The number of fused-ring (bicyclic) bond motifs is 1. The number of Topliss-reactive ketones (excluding diaryl/α,β-unsaturated/α-hetero) is 1. The molecule has 0 bridgehead atoms. The van der Waals surface area contributed by atoms with Crippen LogP contribution in [0.4, 0.5) is 10.8 Å². The van der Waals surface area contributed by atoms with Crippen molar-refractivity contribution in [3.8, 4) is 11.4 Å². The molecule has 0 fully saturated rings. The monoisotopic (exact) mass is 506 g/mol. The van der Waals surface area contributed by atoms with E-state index in [1.165, 1.54) is 11.3 Å². The summed E-state index contributed by atoms with van der Waals surface area (Å²) < 4.78 is 3.03. The lowest BCUT2D eigenvalue weighted by molar-refractivity contribution is 0.101. The predicted molar refractivity (Wildman–Crippen MR) is 119 cm³/mol. The fourth-order valence-electron chi connectivity index (χ4n) is 2.80. The summed E-state index contributed by atoms with van der Waals surface area (Å²) in [6, 6.07) is 11.3. The van der Waals surface area contributed by atoms with E-state index in [-0.39, 0.29) is 22.8 Å². The maximum absolute atomic E-state index is 11.4. The maximum Gasteiger partial charge on any atom is 0.187 e. The van der Waals surface area contributed by atoms with Crippen molar-refractivity contribution in [2.45, 2.75) is 13.8 Å². The standard InChI is InChI=1S/C19H15BrN4OS.BrH/c1-11-18(24-9-14(20)5-8-17(24)21-11)16-10-26-19(23-16)22-15-6-3-13(4-7-15)12(2)25;/h3-10H,1-2H3,(H,22,23);1H. The first-order valence-electron chi connectivity index (χ1n) is 7.99. The van der Waals surface area contributed by atoms with Gasteiger partial charge in [0.05, 0.1) is 11.4 Å². The lowest BCUT2D eigenvalue weighted by Crippen LogP contribution is -1.94. The highest BCUT2D eigenvalue weighted by Gasteiger charge is 2.14. The molecule has 5 nitrogen and oxygen atoms in total. The number of rotatable bonds is 4. The number of carbonyl (C=O) groups is 1. The molecule has 8 heteroatoms. The number of imidazole rings is 1. The molecule has 1 N–H and O–H groups in total. The summed E-state index contributed by atoms with van der Waals surface area (Å²) in [4.78, 5) is 20.7. The second kappa shape index (κ2) is 7.92. The minimum atomic E-state index is 0. The van der Waals surface area contributed by atoms with Crippen molar-refractivity contribution in [3.05, 3.63) is 63.7 Å². The number of anilines is 2. The van der Waals surface area contributed by atoms with Crippen LogP contribution in [-0.4, -0.2) is 20.2 Å². The van der Waals surface area contributed by atoms with Crippen molar-refractivity contribution >= 4 is 66.5 Å². The minimum absolute atomic E-state index is 0. The zero-order valence-corrected chi connectivity index (χ0v) is 18.7. The number of ketones is 1. The zero-order chi connectivity index (χ0) is 18.3. The van der Waals surface area contributed by atoms with E-state index >= 15 is 0 Å². The smallest absolute Gasteiger partial charge is 0.187 e. The van der Waals surface area contributed by atoms with Crippen molar-refractivity contribution in [1.29, 1.82) is 0 Å². The molecule has 27 heavy (non-hydrogen) atoms. The Labute approximate surface area is 179 Å². The molecule has 1 aromatic carbocycles. The summed E-state index contributed by atoms with van der Waals surface area (Å²) >= 11 is 5.04. The molecule has 4 aromatic rings. The number of aryl methyl sites for hydroxylation is 1. The fraction of sp³-hybridized carbons (Fsp3) is 0.105. The number of pyridine rings is 1. The molecule has 0 radical (unpaired) electrons. The average Bonchev–Trinajstić information content (AvgIpc) is 3.18. The fourth-order valence-corrected chi connectivity index (χ4v) is 3.85. The highest BCUT2D eigenvalue weighted by Crippen LogP contribution is 2.30. The van der Waals surface area contributed by atoms with E-state index in [1.54, 1.807) is 6.92 Å². The maximum atomic E-state index is 11.4. The molecule has 0 unspecified atom stereocenters. The van der Waals surface area contributed by atoms with Gasteiger partial charge >= 0.3 is 0 Å². The summed E-state index contributed by atoms with van der Waals surface area (Å²) in [5.41, 5.74) is 5.28. The Kier molecular flexibility index (Phi) is 5.78. The van der Waals surface area contributed by atoms with E-state index in [2.05, 4.69) is 26.2 Å². The van der Waals surface area contributed by atoms with Gasteiger partial charge in [0.1, 0.15) is 11.3 Å². The SMILES string of the molecule is Br.CC(=O)c1ccc(Nc2nc(-c3c(C)nc4ccc(Br)cn34)cs2)cc1. The lowest BCUT2D eigenvalue weighted by atomic mass is 10.1. The second-order valence-electron chi connectivity index (χ2n) is 5.92. The van der Waals surface area contributed by atoms with Crippen LogP contribution in [-0.2, 0) is 0 Å². The molecule has 0 atom stereocenters. The van der Waals surface area contributed by atoms with Crippen LogP contribution < -0.4 is 5.32 Å². The van der Waals surface area contributed by atoms with Gasteiger partial charge in [-0.25, -0.2) is 9.97 Å². The largest absolute Gasteiger partial charge is 0.332 e. The van der Waals surface area contributed by atoms with Gasteiger partial charge in [0.2, 0.25) is 0 Å². The molecule has 138 valence electrons. The highest BCUT2D eigenvalue weighted by atomic mass is 79.9. The normalized spacial score (nSPS) is 10.6. The minimum Gasteiger partial charge on any atom is -0.332 e. The van der Waals surface area contributed by atoms with E-state index in [1.807, 2.05) is 59.3 Å². The second-order valence-corrected chi connectivity index (χ2v) is 7.69. The Morgan fingerprint density at radius 3 is 2.59 bits per heavy atom. The van der Waals surface area contributed by atoms with Crippen LogP contribution in [0.15, 0.2) is 52.4 Å². The third-order valence-electron chi connectivity index (χ3n) is 4.05. The van der Waals surface area contributed by atoms with Crippen LogP contribution in [0.3, 0.4) is 0 Å². The Balaban J connectivity index is 0.00000210. The van der Waals surface area contributed by atoms with Crippen molar-refractivity contribution < 1.29 is 4.79 Å². The van der Waals surface area contributed by atoms with Gasteiger partial charge in [0, 0.05) is 27.3 Å². The summed E-state index contributed by atoms with van der Waals surface area (Å²) in [7, 11) is 0. The first kappa shape index (κ1) is 19.7. The van der Waals surface area contributed by atoms with E-state index in [9.17, 15) is 4.79 Å². The first-order chi connectivity index (χ1) is 12.5. The van der Waals surface area contributed by atoms with Crippen LogP contribution in [0.1, 0.15) is 23.0 Å². The van der Waals surface area contributed by atoms with Crippen LogP contribution >= 0.6 is 44.2 Å². The number of nitrogens with zero attached hydrogens (tertiary/aromatic N) is 3. The molecule has 0 aliphatic carbocycles. The molecule has 0 amide bonds. The molecule has 3 heterocycles. The number of nitrogens with one attached hydrogen (secondary N) is 1. The average molecular weight is 508 g/mol. The van der Waals surface area contributed by atoms with Gasteiger partial charge in [-0.15, -0.1) is 28.3 Å². The van der Waals surface area contributed by atoms with Crippen molar-refractivity contribution in [1.82, 2.24) is 14.4 Å². The van der Waals surface area contributed by atoms with Gasteiger partial charge in [-0.05, 0) is 66.2 Å². The van der Waals surface area contributed by atoms with Gasteiger partial charge < -0.3 is 5.32 Å². The molecule has 3 aromatic heterocycles. The number of carbonyl (C=O) groups excluding carboxylic acids is 1. The van der Waals surface area contributed by atoms with E-state index in [0.717, 1.165) is 38.0 Å². The van der Waals surface area contributed by atoms with E-state index in [4.69, 9.17) is 4.98 Å². The molecule has 0 saturated carbocycles. The van der Waals surface area contributed by atoms with Crippen LogP contribution in [0.5, 0.6) is 0 Å². The molecular weight excluding hydrogens is 492 g/mol. The van der Waals surface area contributed by atoms with E-state index < -0.39 is 0 Å². The quantitative estimate of drug-likeness (QED) is 0.341. The molecule has 0 aliphatic rings. The topological polar surface area (TPSA) is 59.3 Å². The number of halogens is 2. The number of hydrogen-bond acceptors (Lipinski definition) is 5. The Hall–Kier alpha value is -2.03. The Morgan fingerprint density at radius 2 is 1.89 bits per heavy atom. The van der Waals surface area contributed by atoms with Crippen molar-refractivity contribution in [2.24, 2.45) is 0 Å².